The summed E-state index contributed by atoms with van der Waals surface area (Å²) in [5, 5.41) is 3.38. The van der Waals surface area contributed by atoms with Crippen molar-refractivity contribution in [1.82, 2.24) is 0 Å². The normalized spacial score (nSPS) is 27.4. The lowest BCUT2D eigenvalue weighted by Gasteiger charge is -2.18. The van der Waals surface area contributed by atoms with E-state index in [1.54, 1.807) is 48.5 Å². The molecule has 1 saturated heterocycles. The summed E-state index contributed by atoms with van der Waals surface area (Å²) in [7, 11) is 0. The van der Waals surface area contributed by atoms with Crippen LogP contribution in [0.1, 0.15) is 16.8 Å². The average molecular weight is 393 g/mol. The molecule has 2 aromatic carbocycles. The molecule has 2 bridgehead atoms. The molecule has 0 radical (unpaired) electrons. The van der Waals surface area contributed by atoms with Crippen LogP contribution in [0.3, 0.4) is 0 Å². The molecule has 2 fully saturated rings. The van der Waals surface area contributed by atoms with E-state index in [-0.39, 0.29) is 41.4 Å². The standard InChI is InChI=1S/C22H17ClN2O3/c23-15-6-8-16(9-7-15)24-20(26)14-2-1-3-17(11-14)25-21(27)18-12-4-5-13(10-12)19(18)22(25)28/h1-9,11-13,18-19H,10H2,(H,24,26)/t12-,13+,18+,19-. The number of hydrogen-bond donors (Lipinski definition) is 1. The summed E-state index contributed by atoms with van der Waals surface area (Å²) in [4.78, 5) is 39.8. The van der Waals surface area contributed by atoms with E-state index in [0.29, 0.717) is 22.0 Å². The molecule has 1 saturated carbocycles. The predicted molar refractivity (Wildman–Crippen MR) is 106 cm³/mol. The minimum atomic E-state index is -0.315. The van der Waals surface area contributed by atoms with Gasteiger partial charge in [0.1, 0.15) is 0 Å². The largest absolute Gasteiger partial charge is 0.322 e. The summed E-state index contributed by atoms with van der Waals surface area (Å²) in [6, 6.07) is 13.4. The monoisotopic (exact) mass is 392 g/mol. The van der Waals surface area contributed by atoms with Crippen LogP contribution < -0.4 is 10.2 Å². The first kappa shape index (κ1) is 17.2. The number of halogens is 1. The van der Waals surface area contributed by atoms with Gasteiger partial charge in [-0.05, 0) is 60.7 Å². The van der Waals surface area contributed by atoms with Crippen molar-refractivity contribution in [3.63, 3.8) is 0 Å². The number of rotatable bonds is 3. The van der Waals surface area contributed by atoms with E-state index < -0.39 is 0 Å². The second-order valence-electron chi connectivity index (χ2n) is 7.52. The van der Waals surface area contributed by atoms with Crippen molar-refractivity contribution in [2.24, 2.45) is 23.7 Å². The topological polar surface area (TPSA) is 66.5 Å². The van der Waals surface area contributed by atoms with Gasteiger partial charge in [0.2, 0.25) is 11.8 Å². The quantitative estimate of drug-likeness (QED) is 0.636. The first-order valence-electron chi connectivity index (χ1n) is 9.26. The van der Waals surface area contributed by atoms with Crippen LogP contribution in [0.5, 0.6) is 0 Å². The molecule has 1 N–H and O–H groups in total. The molecule has 140 valence electrons. The van der Waals surface area contributed by atoms with E-state index in [1.807, 2.05) is 0 Å². The zero-order chi connectivity index (χ0) is 19.4. The molecular weight excluding hydrogens is 376 g/mol. The highest BCUT2D eigenvalue weighted by molar-refractivity contribution is 6.30. The van der Waals surface area contributed by atoms with Crippen molar-refractivity contribution in [3.8, 4) is 0 Å². The molecule has 3 amide bonds. The van der Waals surface area contributed by atoms with Gasteiger partial charge in [0.25, 0.3) is 5.91 Å². The zero-order valence-corrected chi connectivity index (χ0v) is 15.6. The van der Waals surface area contributed by atoms with Gasteiger partial charge in [0.15, 0.2) is 0 Å². The van der Waals surface area contributed by atoms with E-state index in [2.05, 4.69) is 17.5 Å². The number of benzene rings is 2. The molecule has 0 aromatic heterocycles. The third-order valence-corrected chi connectivity index (χ3v) is 6.19. The van der Waals surface area contributed by atoms with Gasteiger partial charge in [-0.25, -0.2) is 4.90 Å². The lowest BCUT2D eigenvalue weighted by Crippen LogP contribution is -2.33. The SMILES string of the molecule is O=C(Nc1ccc(Cl)cc1)c1cccc(N2C(=O)[C@@H]3[C@H](C2=O)[C@H]2C=C[C@@H]3C2)c1. The maximum absolute atomic E-state index is 12.9. The maximum atomic E-state index is 12.9. The minimum Gasteiger partial charge on any atom is -0.322 e. The molecule has 5 rings (SSSR count). The van der Waals surface area contributed by atoms with Crippen LogP contribution >= 0.6 is 11.6 Å². The van der Waals surface area contributed by atoms with Gasteiger partial charge in [0.05, 0.1) is 17.5 Å². The minimum absolute atomic E-state index is 0.151. The fraction of sp³-hybridized carbons (Fsp3) is 0.227. The number of amides is 3. The number of allylic oxidation sites excluding steroid dienone is 2. The molecule has 1 heterocycles. The van der Waals surface area contributed by atoms with Gasteiger partial charge in [-0.3, -0.25) is 14.4 Å². The molecule has 6 heteroatoms. The summed E-state index contributed by atoms with van der Waals surface area (Å²) >= 11 is 5.86. The van der Waals surface area contributed by atoms with Gasteiger partial charge in [-0.1, -0.05) is 29.8 Å². The van der Waals surface area contributed by atoms with Crippen LogP contribution in [0.25, 0.3) is 0 Å². The Balaban J connectivity index is 1.40. The fourth-order valence-electron chi connectivity index (χ4n) is 4.68. The molecule has 2 aliphatic carbocycles. The predicted octanol–water partition coefficient (Wildman–Crippen LogP) is 3.90. The number of nitrogens with zero attached hydrogens (tertiary/aromatic N) is 1. The van der Waals surface area contributed by atoms with Crippen LogP contribution in [-0.2, 0) is 9.59 Å². The molecule has 28 heavy (non-hydrogen) atoms. The number of anilines is 2. The maximum Gasteiger partial charge on any atom is 0.255 e. The van der Waals surface area contributed by atoms with Gasteiger partial charge in [-0.15, -0.1) is 0 Å². The highest BCUT2D eigenvalue weighted by Crippen LogP contribution is 2.53. The second kappa shape index (κ2) is 6.31. The number of carbonyl (C=O) groups is 3. The van der Waals surface area contributed by atoms with Crippen LogP contribution in [0.2, 0.25) is 5.02 Å². The Morgan fingerprint density at radius 3 is 2.25 bits per heavy atom. The van der Waals surface area contributed by atoms with Crippen molar-refractivity contribution in [3.05, 3.63) is 71.3 Å². The van der Waals surface area contributed by atoms with E-state index in [0.717, 1.165) is 6.42 Å². The molecule has 1 aliphatic heterocycles. The van der Waals surface area contributed by atoms with E-state index in [4.69, 9.17) is 11.6 Å². The Morgan fingerprint density at radius 2 is 1.61 bits per heavy atom. The van der Waals surface area contributed by atoms with E-state index >= 15 is 0 Å². The smallest absolute Gasteiger partial charge is 0.255 e. The van der Waals surface area contributed by atoms with Crippen molar-refractivity contribution >= 4 is 40.7 Å². The lowest BCUT2D eigenvalue weighted by molar-refractivity contribution is -0.123. The van der Waals surface area contributed by atoms with E-state index in [9.17, 15) is 14.4 Å². The summed E-state index contributed by atoms with van der Waals surface area (Å²) in [5.74, 6) is -0.807. The van der Waals surface area contributed by atoms with E-state index in [1.165, 1.54) is 4.90 Å². The third kappa shape index (κ3) is 2.58. The van der Waals surface area contributed by atoms with Gasteiger partial charge in [-0.2, -0.15) is 0 Å². The number of fused-ring (bicyclic) bond motifs is 5. The number of imide groups is 1. The first-order valence-corrected chi connectivity index (χ1v) is 9.64. The van der Waals surface area contributed by atoms with Crippen molar-refractivity contribution in [1.29, 1.82) is 0 Å². The highest BCUT2D eigenvalue weighted by Gasteiger charge is 2.59. The third-order valence-electron chi connectivity index (χ3n) is 5.94. The Morgan fingerprint density at radius 1 is 0.964 bits per heavy atom. The summed E-state index contributed by atoms with van der Waals surface area (Å²) < 4.78 is 0. The summed E-state index contributed by atoms with van der Waals surface area (Å²) in [6.45, 7) is 0. The Labute approximate surface area is 167 Å². The van der Waals surface area contributed by atoms with Crippen LogP contribution in [0.4, 0.5) is 11.4 Å². The Hall–Kier alpha value is -2.92. The first-order chi connectivity index (χ1) is 13.5. The molecular formula is C22H17ClN2O3. The van der Waals surface area contributed by atoms with Crippen molar-refractivity contribution in [2.75, 3.05) is 10.2 Å². The zero-order valence-electron chi connectivity index (χ0n) is 14.8. The summed E-state index contributed by atoms with van der Waals surface area (Å²) in [6.07, 6.45) is 5.02. The van der Waals surface area contributed by atoms with Gasteiger partial charge < -0.3 is 5.32 Å². The molecule has 4 atom stereocenters. The van der Waals surface area contributed by atoms with Crippen molar-refractivity contribution < 1.29 is 14.4 Å². The summed E-state index contributed by atoms with van der Waals surface area (Å²) in [5.41, 5.74) is 1.45. The van der Waals surface area contributed by atoms with Crippen LogP contribution in [-0.4, -0.2) is 17.7 Å². The molecule has 2 aromatic rings. The molecule has 5 nitrogen and oxygen atoms in total. The molecule has 0 spiro atoms. The lowest BCUT2D eigenvalue weighted by atomic mass is 9.85. The Kier molecular flexibility index (Phi) is 3.88. The fourth-order valence-corrected chi connectivity index (χ4v) is 4.81. The van der Waals surface area contributed by atoms with Gasteiger partial charge in [0, 0.05) is 16.3 Å². The average Bonchev–Trinajstić information content (AvgIpc) is 3.37. The van der Waals surface area contributed by atoms with Gasteiger partial charge >= 0.3 is 0 Å². The van der Waals surface area contributed by atoms with Crippen LogP contribution in [0.15, 0.2) is 60.7 Å². The number of nitrogens with one attached hydrogen (secondary N) is 1. The highest BCUT2D eigenvalue weighted by atomic mass is 35.5. The number of hydrogen-bond acceptors (Lipinski definition) is 3. The number of carbonyl (C=O) groups excluding carboxylic acids is 3. The molecule has 0 unspecified atom stereocenters. The molecule has 3 aliphatic rings. The van der Waals surface area contributed by atoms with Crippen LogP contribution in [0, 0.1) is 23.7 Å². The second-order valence-corrected chi connectivity index (χ2v) is 7.96. The van der Waals surface area contributed by atoms with Crippen molar-refractivity contribution in [2.45, 2.75) is 6.42 Å². The Bertz CT molecular complexity index is 1000.